The highest BCUT2D eigenvalue weighted by atomic mass is 16.5. The summed E-state index contributed by atoms with van der Waals surface area (Å²) in [7, 11) is 3.30. The molecule has 0 N–H and O–H groups in total. The molecule has 4 rings (SSSR count). The molecule has 0 fully saturated rings. The van der Waals surface area contributed by atoms with Crippen molar-refractivity contribution < 1.29 is 33.2 Å². The maximum atomic E-state index is 12.9. The highest BCUT2D eigenvalue weighted by molar-refractivity contribution is 5.91. The van der Waals surface area contributed by atoms with Gasteiger partial charge in [0.1, 0.15) is 23.4 Å². The highest BCUT2D eigenvalue weighted by Crippen LogP contribution is 2.35. The molecular formula is C38H46O7. The number of hydrogen-bond donors (Lipinski definition) is 0. The lowest BCUT2D eigenvalue weighted by molar-refractivity contribution is -0.123. The van der Waals surface area contributed by atoms with Crippen molar-refractivity contribution in [3.8, 4) is 11.5 Å². The average molecular weight is 615 g/mol. The summed E-state index contributed by atoms with van der Waals surface area (Å²) in [5, 5.41) is 0. The number of methoxy groups -OCH3 is 2. The molecule has 0 aliphatic carbocycles. The maximum absolute atomic E-state index is 12.9. The van der Waals surface area contributed by atoms with Gasteiger partial charge in [0.25, 0.3) is 0 Å². The van der Waals surface area contributed by atoms with Crippen LogP contribution in [0.3, 0.4) is 0 Å². The molecule has 0 radical (unpaired) electrons. The minimum Gasteiger partial charge on any atom is -0.497 e. The predicted molar refractivity (Wildman–Crippen MR) is 175 cm³/mol. The van der Waals surface area contributed by atoms with Gasteiger partial charge in [-0.25, -0.2) is 0 Å². The second-order valence-corrected chi connectivity index (χ2v) is 11.8. The molecule has 7 nitrogen and oxygen atoms in total. The Kier molecular flexibility index (Phi) is 12.8. The lowest BCUT2D eigenvalue weighted by Gasteiger charge is -2.34. The molecule has 1 unspecified atom stereocenters. The van der Waals surface area contributed by atoms with E-state index in [9.17, 15) is 4.79 Å². The van der Waals surface area contributed by atoms with Crippen LogP contribution in [0.5, 0.6) is 11.5 Å². The van der Waals surface area contributed by atoms with Gasteiger partial charge in [-0.1, -0.05) is 66.7 Å². The van der Waals surface area contributed by atoms with Crippen LogP contribution >= 0.6 is 0 Å². The van der Waals surface area contributed by atoms with Crippen LogP contribution in [0.4, 0.5) is 0 Å². The van der Waals surface area contributed by atoms with Gasteiger partial charge in [0, 0.05) is 24.3 Å². The minimum atomic E-state index is -0.493. The Hall–Kier alpha value is -3.91. The van der Waals surface area contributed by atoms with E-state index in [2.05, 4.69) is 0 Å². The molecule has 0 saturated heterocycles. The summed E-state index contributed by atoms with van der Waals surface area (Å²) < 4.78 is 35.5. The quantitative estimate of drug-likeness (QED) is 0.114. The van der Waals surface area contributed by atoms with Gasteiger partial charge in [-0.15, -0.1) is 0 Å². The molecule has 3 aromatic rings. The van der Waals surface area contributed by atoms with E-state index >= 15 is 0 Å². The standard InChI is InChI=1S/C38H46O7/c1-28(43-26-29-10-7-6-8-11-29)36(44-27-31-14-18-34(41-5)19-15-31)24-35-22-32(39)23-37(45-35)38(2,3)20-9-21-42-25-30-12-16-33(40-4)17-13-30/h6-20,23,28,35-36H,21-22,24-27H2,1-5H3/b20-9+/t28-,35+,36?/m1/s1. The first kappa shape index (κ1) is 34.0. The van der Waals surface area contributed by atoms with Crippen molar-refractivity contribution in [3.05, 3.63) is 120 Å². The van der Waals surface area contributed by atoms with E-state index in [1.807, 2.05) is 112 Å². The molecule has 1 aliphatic heterocycles. The van der Waals surface area contributed by atoms with E-state index in [1.165, 1.54) is 0 Å². The van der Waals surface area contributed by atoms with E-state index in [4.69, 9.17) is 28.4 Å². The number of ether oxygens (including phenoxy) is 6. The Morgan fingerprint density at radius 3 is 2.02 bits per heavy atom. The van der Waals surface area contributed by atoms with Gasteiger partial charge >= 0.3 is 0 Å². The summed E-state index contributed by atoms with van der Waals surface area (Å²) in [6.07, 6.45) is 5.59. The first-order chi connectivity index (χ1) is 21.8. The fourth-order valence-corrected chi connectivity index (χ4v) is 5.03. The van der Waals surface area contributed by atoms with Crippen LogP contribution in [0, 0.1) is 5.41 Å². The molecule has 7 heteroatoms. The molecule has 0 aromatic heterocycles. The van der Waals surface area contributed by atoms with Crippen molar-refractivity contribution >= 4 is 5.78 Å². The Labute approximate surface area is 267 Å². The molecule has 1 heterocycles. The predicted octanol–water partition coefficient (Wildman–Crippen LogP) is 7.63. The van der Waals surface area contributed by atoms with Gasteiger partial charge in [-0.3, -0.25) is 4.79 Å². The second kappa shape index (κ2) is 17.0. The highest BCUT2D eigenvalue weighted by Gasteiger charge is 2.33. The third-order valence-electron chi connectivity index (χ3n) is 7.82. The zero-order valence-electron chi connectivity index (χ0n) is 27.1. The summed E-state index contributed by atoms with van der Waals surface area (Å²) in [5.41, 5.74) is 2.69. The van der Waals surface area contributed by atoms with Crippen LogP contribution in [-0.4, -0.2) is 44.9 Å². The summed E-state index contributed by atoms with van der Waals surface area (Å²) in [5.74, 6) is 2.30. The maximum Gasteiger partial charge on any atom is 0.162 e. The monoisotopic (exact) mass is 614 g/mol. The number of rotatable bonds is 17. The Bertz CT molecular complexity index is 1380. The molecule has 0 saturated carbocycles. The normalized spacial score (nSPS) is 16.6. The van der Waals surface area contributed by atoms with E-state index in [1.54, 1.807) is 20.3 Å². The van der Waals surface area contributed by atoms with Crippen molar-refractivity contribution in [1.82, 2.24) is 0 Å². The van der Waals surface area contributed by atoms with Crippen molar-refractivity contribution in [3.63, 3.8) is 0 Å². The second-order valence-electron chi connectivity index (χ2n) is 11.8. The minimum absolute atomic E-state index is 0.0465. The smallest absolute Gasteiger partial charge is 0.162 e. The summed E-state index contributed by atoms with van der Waals surface area (Å²) in [6, 6.07) is 25.7. The van der Waals surface area contributed by atoms with Crippen LogP contribution in [0.25, 0.3) is 0 Å². The number of hydrogen-bond acceptors (Lipinski definition) is 7. The lowest BCUT2D eigenvalue weighted by atomic mass is 9.87. The Morgan fingerprint density at radius 1 is 0.822 bits per heavy atom. The molecule has 240 valence electrons. The average Bonchev–Trinajstić information content (AvgIpc) is 3.06. The van der Waals surface area contributed by atoms with Gasteiger partial charge in [0.05, 0.1) is 52.9 Å². The van der Waals surface area contributed by atoms with Gasteiger partial charge in [-0.05, 0) is 61.7 Å². The number of carbonyl (C=O) groups is 1. The van der Waals surface area contributed by atoms with E-state index in [0.29, 0.717) is 45.0 Å². The van der Waals surface area contributed by atoms with Crippen LogP contribution < -0.4 is 9.47 Å². The fraction of sp³-hybridized carbons (Fsp3) is 0.395. The molecule has 1 aliphatic rings. The van der Waals surface area contributed by atoms with Gasteiger partial charge in [-0.2, -0.15) is 0 Å². The van der Waals surface area contributed by atoms with Crippen molar-refractivity contribution in [2.24, 2.45) is 5.41 Å². The van der Waals surface area contributed by atoms with E-state index in [-0.39, 0.29) is 24.1 Å². The van der Waals surface area contributed by atoms with Crippen LogP contribution in [0.15, 0.2) is 103 Å². The molecule has 0 bridgehead atoms. The Balaban J connectivity index is 1.36. The molecular weight excluding hydrogens is 568 g/mol. The first-order valence-electron chi connectivity index (χ1n) is 15.5. The Morgan fingerprint density at radius 2 is 1.40 bits per heavy atom. The fourth-order valence-electron chi connectivity index (χ4n) is 5.03. The van der Waals surface area contributed by atoms with Gasteiger partial charge < -0.3 is 28.4 Å². The summed E-state index contributed by atoms with van der Waals surface area (Å²) in [4.78, 5) is 12.9. The number of carbonyl (C=O) groups excluding carboxylic acids is 1. The van der Waals surface area contributed by atoms with Crippen LogP contribution in [0.1, 0.15) is 50.3 Å². The number of ketones is 1. The summed E-state index contributed by atoms with van der Waals surface area (Å²) >= 11 is 0. The summed E-state index contributed by atoms with van der Waals surface area (Å²) in [6.45, 7) is 7.91. The first-order valence-corrected chi connectivity index (χ1v) is 15.5. The topological polar surface area (TPSA) is 72.5 Å². The van der Waals surface area contributed by atoms with Crippen LogP contribution in [-0.2, 0) is 43.6 Å². The van der Waals surface area contributed by atoms with Gasteiger partial charge in [0.2, 0.25) is 0 Å². The van der Waals surface area contributed by atoms with Crippen LogP contribution in [0.2, 0.25) is 0 Å². The molecule has 0 spiro atoms. The number of benzene rings is 3. The zero-order chi connectivity index (χ0) is 32.1. The van der Waals surface area contributed by atoms with Gasteiger partial charge in [0.15, 0.2) is 5.78 Å². The van der Waals surface area contributed by atoms with E-state index < -0.39 is 5.41 Å². The molecule has 3 aromatic carbocycles. The van der Waals surface area contributed by atoms with Crippen molar-refractivity contribution in [2.75, 3.05) is 20.8 Å². The third kappa shape index (κ3) is 10.9. The third-order valence-corrected chi connectivity index (χ3v) is 7.82. The van der Waals surface area contributed by atoms with E-state index in [0.717, 1.165) is 28.2 Å². The molecule has 3 atom stereocenters. The molecule has 0 amide bonds. The van der Waals surface area contributed by atoms with Crippen molar-refractivity contribution in [1.29, 1.82) is 0 Å². The zero-order valence-corrected chi connectivity index (χ0v) is 27.1. The largest absolute Gasteiger partial charge is 0.497 e. The lowest BCUT2D eigenvalue weighted by Crippen LogP contribution is -2.36. The number of allylic oxidation sites excluding steroid dienone is 2. The molecule has 45 heavy (non-hydrogen) atoms. The SMILES string of the molecule is COc1ccc(COC/C=C/C(C)(C)C2=CC(=O)C[C@@H](CC(OCc3ccc(OC)cc3)[C@@H](C)OCc3ccccc3)O2)cc1. The van der Waals surface area contributed by atoms with Crippen molar-refractivity contribution in [2.45, 2.75) is 71.7 Å².